The summed E-state index contributed by atoms with van der Waals surface area (Å²) in [6.45, 7) is 4.52. The highest BCUT2D eigenvalue weighted by atomic mass is 19.3. The molecule has 0 aliphatic rings. The van der Waals surface area contributed by atoms with Gasteiger partial charge in [0.15, 0.2) is 0 Å². The number of benzene rings is 1. The minimum absolute atomic E-state index is 0.0382. The van der Waals surface area contributed by atoms with Crippen LogP contribution in [0, 0.1) is 0 Å². The van der Waals surface area contributed by atoms with E-state index in [4.69, 9.17) is 4.74 Å². The highest BCUT2D eigenvalue weighted by Crippen LogP contribution is 2.34. The third kappa shape index (κ3) is 4.06. The third-order valence-corrected chi connectivity index (χ3v) is 3.03. The molecule has 0 bridgehead atoms. The molecule has 1 rings (SSSR count). The van der Waals surface area contributed by atoms with Gasteiger partial charge in [0.05, 0.1) is 13.7 Å². The molecule has 1 N–H and O–H groups in total. The number of anilines is 1. The van der Waals surface area contributed by atoms with E-state index in [1.165, 1.54) is 0 Å². The van der Waals surface area contributed by atoms with Crippen LogP contribution in [0.2, 0.25) is 0 Å². The molecule has 19 heavy (non-hydrogen) atoms. The Balaban J connectivity index is 3.14. The molecule has 0 saturated carbocycles. The predicted molar refractivity (Wildman–Crippen MR) is 74.4 cm³/mol. The summed E-state index contributed by atoms with van der Waals surface area (Å²) >= 11 is 0. The smallest absolute Gasteiger partial charge is 0.255 e. The van der Waals surface area contributed by atoms with Gasteiger partial charge in [0.1, 0.15) is 5.75 Å². The maximum absolute atomic E-state index is 12.5. The first-order chi connectivity index (χ1) is 9.01. The van der Waals surface area contributed by atoms with Crippen molar-refractivity contribution in [2.75, 3.05) is 32.1 Å². The Bertz CT molecular complexity index is 399. The minimum atomic E-state index is -2.36. The van der Waals surface area contributed by atoms with Crippen molar-refractivity contribution in [1.82, 2.24) is 5.32 Å². The molecule has 1 atom stereocenters. The SMILES string of the molecule is CCNC(C)c1c(OC)cccc1N(C)CC(F)F. The van der Waals surface area contributed by atoms with E-state index in [9.17, 15) is 8.78 Å². The topological polar surface area (TPSA) is 24.5 Å². The third-order valence-electron chi connectivity index (χ3n) is 3.03. The first-order valence-corrected chi connectivity index (χ1v) is 6.40. The predicted octanol–water partition coefficient (Wildman–Crippen LogP) is 3.07. The zero-order chi connectivity index (χ0) is 14.4. The standard InChI is InChI=1S/C14H22F2N2O/c1-5-17-10(2)14-11(18(3)9-13(15)16)7-6-8-12(14)19-4/h6-8,10,13,17H,5,9H2,1-4H3. The summed E-state index contributed by atoms with van der Waals surface area (Å²) in [5.74, 6) is 0.715. The quantitative estimate of drug-likeness (QED) is 0.825. The van der Waals surface area contributed by atoms with Gasteiger partial charge < -0.3 is 15.0 Å². The monoisotopic (exact) mass is 272 g/mol. The van der Waals surface area contributed by atoms with Gasteiger partial charge >= 0.3 is 0 Å². The second-order valence-corrected chi connectivity index (χ2v) is 4.44. The Labute approximate surface area is 113 Å². The average molecular weight is 272 g/mol. The van der Waals surface area contributed by atoms with Crippen molar-refractivity contribution < 1.29 is 13.5 Å². The maximum atomic E-state index is 12.5. The molecule has 0 spiro atoms. The summed E-state index contributed by atoms with van der Waals surface area (Å²) in [6.07, 6.45) is -2.36. The van der Waals surface area contributed by atoms with Crippen LogP contribution in [-0.4, -0.2) is 33.7 Å². The van der Waals surface area contributed by atoms with Crippen LogP contribution < -0.4 is 15.0 Å². The fraction of sp³-hybridized carbons (Fsp3) is 0.571. The van der Waals surface area contributed by atoms with E-state index < -0.39 is 6.43 Å². The van der Waals surface area contributed by atoms with Crippen LogP contribution in [0.15, 0.2) is 18.2 Å². The van der Waals surface area contributed by atoms with Crippen molar-refractivity contribution >= 4 is 5.69 Å². The maximum Gasteiger partial charge on any atom is 0.255 e. The Kier molecular flexibility index (Phi) is 6.02. The van der Waals surface area contributed by atoms with Crippen LogP contribution in [0.25, 0.3) is 0 Å². The molecule has 0 fully saturated rings. The van der Waals surface area contributed by atoms with Gasteiger partial charge in [-0.2, -0.15) is 0 Å². The minimum Gasteiger partial charge on any atom is -0.496 e. The number of nitrogens with zero attached hydrogens (tertiary/aromatic N) is 1. The Morgan fingerprint density at radius 1 is 1.37 bits per heavy atom. The molecular formula is C14H22F2N2O. The molecule has 0 radical (unpaired) electrons. The zero-order valence-electron chi connectivity index (χ0n) is 11.9. The van der Waals surface area contributed by atoms with Crippen LogP contribution in [0.3, 0.4) is 0 Å². The van der Waals surface area contributed by atoms with Crippen LogP contribution in [0.1, 0.15) is 25.5 Å². The number of nitrogens with one attached hydrogen (secondary N) is 1. The van der Waals surface area contributed by atoms with Crippen molar-refractivity contribution in [3.63, 3.8) is 0 Å². The summed E-state index contributed by atoms with van der Waals surface area (Å²) < 4.78 is 30.4. The highest BCUT2D eigenvalue weighted by Gasteiger charge is 2.19. The van der Waals surface area contributed by atoms with Gasteiger partial charge in [-0.3, -0.25) is 0 Å². The summed E-state index contributed by atoms with van der Waals surface area (Å²) in [5.41, 5.74) is 1.68. The number of rotatable bonds is 7. The van der Waals surface area contributed by atoms with Crippen LogP contribution in [0.5, 0.6) is 5.75 Å². The van der Waals surface area contributed by atoms with Gasteiger partial charge in [0.25, 0.3) is 6.43 Å². The van der Waals surface area contributed by atoms with Crippen LogP contribution >= 0.6 is 0 Å². The molecule has 5 heteroatoms. The van der Waals surface area contributed by atoms with Crippen molar-refractivity contribution in [1.29, 1.82) is 0 Å². The first kappa shape index (κ1) is 15.7. The van der Waals surface area contributed by atoms with E-state index >= 15 is 0 Å². The number of halogens is 2. The van der Waals surface area contributed by atoms with Gasteiger partial charge in [-0.05, 0) is 25.6 Å². The van der Waals surface area contributed by atoms with E-state index in [1.807, 2.05) is 32.0 Å². The van der Waals surface area contributed by atoms with Gasteiger partial charge in [0.2, 0.25) is 0 Å². The lowest BCUT2D eigenvalue weighted by atomic mass is 10.0. The summed E-state index contributed by atoms with van der Waals surface area (Å²) in [5, 5.41) is 3.29. The first-order valence-electron chi connectivity index (χ1n) is 6.40. The molecule has 3 nitrogen and oxygen atoms in total. The zero-order valence-corrected chi connectivity index (χ0v) is 11.9. The largest absolute Gasteiger partial charge is 0.496 e. The second-order valence-electron chi connectivity index (χ2n) is 4.44. The van der Waals surface area contributed by atoms with E-state index in [0.29, 0.717) is 5.75 Å². The van der Waals surface area contributed by atoms with Gasteiger partial charge in [-0.1, -0.05) is 13.0 Å². The van der Waals surface area contributed by atoms with E-state index in [0.717, 1.165) is 17.8 Å². The highest BCUT2D eigenvalue weighted by molar-refractivity contribution is 5.60. The summed E-state index contributed by atoms with van der Waals surface area (Å²) in [7, 11) is 3.26. The van der Waals surface area contributed by atoms with Crippen LogP contribution in [0.4, 0.5) is 14.5 Å². The molecule has 1 aromatic carbocycles. The Morgan fingerprint density at radius 2 is 2.05 bits per heavy atom. The molecule has 1 aromatic rings. The molecule has 0 saturated heterocycles. The fourth-order valence-corrected chi connectivity index (χ4v) is 2.19. The molecule has 0 aromatic heterocycles. The Hall–Kier alpha value is -1.36. The average Bonchev–Trinajstić information content (AvgIpc) is 2.37. The van der Waals surface area contributed by atoms with Gasteiger partial charge in [-0.25, -0.2) is 8.78 Å². The Morgan fingerprint density at radius 3 is 2.58 bits per heavy atom. The van der Waals surface area contributed by atoms with Crippen molar-refractivity contribution in [2.24, 2.45) is 0 Å². The second kappa shape index (κ2) is 7.28. The van der Waals surface area contributed by atoms with Crippen LogP contribution in [-0.2, 0) is 0 Å². The van der Waals surface area contributed by atoms with Crippen molar-refractivity contribution in [3.8, 4) is 5.75 Å². The van der Waals surface area contributed by atoms with E-state index in [2.05, 4.69) is 5.32 Å². The molecule has 108 valence electrons. The molecular weight excluding hydrogens is 250 g/mol. The number of hydrogen-bond donors (Lipinski definition) is 1. The number of hydrogen-bond acceptors (Lipinski definition) is 3. The van der Waals surface area contributed by atoms with Crippen molar-refractivity contribution in [2.45, 2.75) is 26.3 Å². The number of methoxy groups -OCH3 is 1. The van der Waals surface area contributed by atoms with Crippen molar-refractivity contribution in [3.05, 3.63) is 23.8 Å². The lowest BCUT2D eigenvalue weighted by Crippen LogP contribution is -2.27. The molecule has 0 aliphatic heterocycles. The number of ether oxygens (including phenoxy) is 1. The van der Waals surface area contributed by atoms with Gasteiger partial charge in [0, 0.05) is 24.3 Å². The molecule has 0 heterocycles. The molecule has 1 unspecified atom stereocenters. The molecule has 0 aliphatic carbocycles. The lowest BCUT2D eigenvalue weighted by Gasteiger charge is -2.26. The fourth-order valence-electron chi connectivity index (χ4n) is 2.19. The number of alkyl halides is 2. The van der Waals surface area contributed by atoms with Gasteiger partial charge in [-0.15, -0.1) is 0 Å². The molecule has 0 amide bonds. The summed E-state index contributed by atoms with van der Waals surface area (Å²) in [6, 6.07) is 5.55. The normalized spacial score (nSPS) is 12.6. The summed E-state index contributed by atoms with van der Waals surface area (Å²) in [4.78, 5) is 1.57. The van der Waals surface area contributed by atoms with E-state index in [1.54, 1.807) is 19.1 Å². The van der Waals surface area contributed by atoms with E-state index in [-0.39, 0.29) is 12.6 Å². The lowest BCUT2D eigenvalue weighted by molar-refractivity contribution is 0.156.